The van der Waals surface area contributed by atoms with Crippen molar-refractivity contribution < 1.29 is 19.1 Å². The van der Waals surface area contributed by atoms with Gasteiger partial charge in [-0.3, -0.25) is 9.59 Å². The van der Waals surface area contributed by atoms with Gasteiger partial charge in [0.05, 0.1) is 19.1 Å². The maximum Gasteiger partial charge on any atom is 0.309 e. The maximum atomic E-state index is 11.6. The molecule has 0 saturated heterocycles. The Labute approximate surface area is 137 Å². The first kappa shape index (κ1) is 16.0. The number of carbonyl (C=O) groups is 2. The van der Waals surface area contributed by atoms with Gasteiger partial charge in [-0.2, -0.15) is 0 Å². The standard InChI is InChI=1S/C19H24O4/c1-2-22-19(21)18-11-15(18)12-23-17-8-6-13(7-9-17)14-4-3-5-16(20)10-14/h6-9,14-15,18H,2-5,10-12H2,1H3/t14?,15-,18+/m0/s1. The molecular weight excluding hydrogens is 292 g/mol. The Morgan fingerprint density at radius 1 is 1.26 bits per heavy atom. The molecule has 0 radical (unpaired) electrons. The first-order chi connectivity index (χ1) is 11.2. The van der Waals surface area contributed by atoms with E-state index in [2.05, 4.69) is 12.1 Å². The summed E-state index contributed by atoms with van der Waals surface area (Å²) in [5.74, 6) is 1.76. The Kier molecular flexibility index (Phi) is 4.99. The number of benzene rings is 1. The number of hydrogen-bond acceptors (Lipinski definition) is 4. The second kappa shape index (κ2) is 7.16. The second-order valence-corrected chi connectivity index (χ2v) is 6.57. The number of rotatable bonds is 6. The van der Waals surface area contributed by atoms with Crippen LogP contribution in [0.4, 0.5) is 0 Å². The molecule has 3 rings (SSSR count). The van der Waals surface area contributed by atoms with Gasteiger partial charge in [-0.15, -0.1) is 0 Å². The first-order valence-electron chi connectivity index (χ1n) is 8.58. The fraction of sp³-hybridized carbons (Fsp3) is 0.579. The predicted molar refractivity (Wildman–Crippen MR) is 86.4 cm³/mol. The van der Waals surface area contributed by atoms with E-state index in [0.29, 0.717) is 31.3 Å². The van der Waals surface area contributed by atoms with Crippen LogP contribution in [0.1, 0.15) is 50.5 Å². The minimum absolute atomic E-state index is 0.0162. The SMILES string of the molecule is CCOC(=O)[C@@H]1C[C@H]1COc1ccc(C2CCCC(=O)C2)cc1. The van der Waals surface area contributed by atoms with Crippen molar-refractivity contribution in [1.82, 2.24) is 0 Å². The summed E-state index contributed by atoms with van der Waals surface area (Å²) < 4.78 is 10.8. The molecule has 4 heteroatoms. The Hall–Kier alpha value is -1.84. The lowest BCUT2D eigenvalue weighted by atomic mass is 9.83. The Morgan fingerprint density at radius 3 is 2.74 bits per heavy atom. The van der Waals surface area contributed by atoms with Crippen molar-refractivity contribution in [2.24, 2.45) is 11.8 Å². The molecular formula is C19H24O4. The van der Waals surface area contributed by atoms with Crippen molar-refractivity contribution >= 4 is 11.8 Å². The molecule has 1 aromatic rings. The topological polar surface area (TPSA) is 52.6 Å². The van der Waals surface area contributed by atoms with Crippen molar-refractivity contribution in [2.75, 3.05) is 13.2 Å². The average Bonchev–Trinajstić information content (AvgIpc) is 3.33. The fourth-order valence-electron chi connectivity index (χ4n) is 3.32. The van der Waals surface area contributed by atoms with Crippen LogP contribution in [0.25, 0.3) is 0 Å². The summed E-state index contributed by atoms with van der Waals surface area (Å²) >= 11 is 0. The highest BCUT2D eigenvalue weighted by Gasteiger charge is 2.44. The summed E-state index contributed by atoms with van der Waals surface area (Å²) in [5.41, 5.74) is 1.22. The largest absolute Gasteiger partial charge is 0.493 e. The summed E-state index contributed by atoms with van der Waals surface area (Å²) in [4.78, 5) is 23.1. The Morgan fingerprint density at radius 2 is 2.04 bits per heavy atom. The molecule has 124 valence electrons. The summed E-state index contributed by atoms with van der Waals surface area (Å²) in [6.07, 6.45) is 4.36. The van der Waals surface area contributed by atoms with Crippen LogP contribution in [-0.2, 0) is 14.3 Å². The van der Waals surface area contributed by atoms with Gasteiger partial charge in [-0.05, 0) is 49.8 Å². The molecule has 2 fully saturated rings. The highest BCUT2D eigenvalue weighted by atomic mass is 16.5. The molecule has 0 heterocycles. The highest BCUT2D eigenvalue weighted by molar-refractivity contribution is 5.80. The third-order valence-electron chi connectivity index (χ3n) is 4.81. The molecule has 0 bridgehead atoms. The molecule has 0 aromatic heterocycles. The second-order valence-electron chi connectivity index (χ2n) is 6.57. The minimum Gasteiger partial charge on any atom is -0.493 e. The van der Waals surface area contributed by atoms with Gasteiger partial charge in [0.15, 0.2) is 0 Å². The zero-order chi connectivity index (χ0) is 16.2. The number of ether oxygens (including phenoxy) is 2. The molecule has 2 saturated carbocycles. The van der Waals surface area contributed by atoms with Gasteiger partial charge in [0.25, 0.3) is 0 Å². The monoisotopic (exact) mass is 316 g/mol. The zero-order valence-electron chi connectivity index (χ0n) is 13.6. The lowest BCUT2D eigenvalue weighted by Gasteiger charge is -2.21. The summed E-state index contributed by atoms with van der Waals surface area (Å²) in [6, 6.07) is 8.06. The van der Waals surface area contributed by atoms with Gasteiger partial charge in [0, 0.05) is 18.8 Å². The van der Waals surface area contributed by atoms with E-state index >= 15 is 0 Å². The minimum atomic E-state index is -0.0987. The molecule has 4 nitrogen and oxygen atoms in total. The van der Waals surface area contributed by atoms with Crippen molar-refractivity contribution in [3.05, 3.63) is 29.8 Å². The first-order valence-corrected chi connectivity index (χ1v) is 8.58. The summed E-state index contributed by atoms with van der Waals surface area (Å²) in [6.45, 7) is 2.83. The van der Waals surface area contributed by atoms with Crippen LogP contribution in [0.2, 0.25) is 0 Å². The molecule has 0 aliphatic heterocycles. The van der Waals surface area contributed by atoms with Crippen LogP contribution in [0.15, 0.2) is 24.3 Å². The van der Waals surface area contributed by atoms with Crippen LogP contribution in [0, 0.1) is 11.8 Å². The molecule has 1 aromatic carbocycles. The molecule has 2 aliphatic rings. The molecule has 2 aliphatic carbocycles. The van der Waals surface area contributed by atoms with Crippen molar-refractivity contribution in [3.63, 3.8) is 0 Å². The van der Waals surface area contributed by atoms with E-state index in [-0.39, 0.29) is 17.8 Å². The normalized spacial score (nSPS) is 26.7. The van der Waals surface area contributed by atoms with Crippen LogP contribution < -0.4 is 4.74 Å². The predicted octanol–water partition coefficient (Wildman–Crippen LogP) is 3.49. The number of Topliss-reactive ketones (excluding diaryl/α,β-unsaturated/α-hetero) is 1. The van der Waals surface area contributed by atoms with Gasteiger partial charge in [0.1, 0.15) is 11.5 Å². The molecule has 0 N–H and O–H groups in total. The van der Waals surface area contributed by atoms with E-state index < -0.39 is 0 Å². The Bertz CT molecular complexity index is 563. The van der Waals surface area contributed by atoms with E-state index in [0.717, 1.165) is 31.4 Å². The van der Waals surface area contributed by atoms with E-state index in [1.54, 1.807) is 0 Å². The van der Waals surface area contributed by atoms with Crippen LogP contribution in [0.3, 0.4) is 0 Å². The average molecular weight is 316 g/mol. The third kappa shape index (κ3) is 4.12. The molecule has 23 heavy (non-hydrogen) atoms. The van der Waals surface area contributed by atoms with Gasteiger partial charge in [-0.25, -0.2) is 0 Å². The van der Waals surface area contributed by atoms with E-state index in [1.807, 2.05) is 19.1 Å². The van der Waals surface area contributed by atoms with Crippen molar-refractivity contribution in [3.8, 4) is 5.75 Å². The number of hydrogen-bond donors (Lipinski definition) is 0. The molecule has 0 amide bonds. The van der Waals surface area contributed by atoms with Gasteiger partial charge in [0.2, 0.25) is 0 Å². The quantitative estimate of drug-likeness (QED) is 0.754. The number of esters is 1. The van der Waals surface area contributed by atoms with Gasteiger partial charge in [-0.1, -0.05) is 12.1 Å². The Balaban J connectivity index is 1.47. The van der Waals surface area contributed by atoms with Gasteiger partial charge >= 0.3 is 5.97 Å². The lowest BCUT2D eigenvalue weighted by Crippen LogP contribution is -2.13. The van der Waals surface area contributed by atoms with Crippen LogP contribution in [-0.4, -0.2) is 25.0 Å². The highest BCUT2D eigenvalue weighted by Crippen LogP contribution is 2.40. The fourth-order valence-corrected chi connectivity index (χ4v) is 3.32. The lowest BCUT2D eigenvalue weighted by molar-refractivity contribution is -0.145. The summed E-state index contributed by atoms with van der Waals surface area (Å²) in [5, 5.41) is 0. The van der Waals surface area contributed by atoms with Crippen LogP contribution >= 0.6 is 0 Å². The smallest absolute Gasteiger partial charge is 0.309 e. The van der Waals surface area contributed by atoms with Crippen molar-refractivity contribution in [2.45, 2.75) is 44.9 Å². The van der Waals surface area contributed by atoms with Crippen LogP contribution in [0.5, 0.6) is 5.75 Å². The van der Waals surface area contributed by atoms with Gasteiger partial charge < -0.3 is 9.47 Å². The van der Waals surface area contributed by atoms with Crippen molar-refractivity contribution in [1.29, 1.82) is 0 Å². The number of carbonyl (C=O) groups excluding carboxylic acids is 2. The molecule has 3 atom stereocenters. The maximum absolute atomic E-state index is 11.6. The number of ketones is 1. The van der Waals surface area contributed by atoms with E-state index in [9.17, 15) is 9.59 Å². The van der Waals surface area contributed by atoms with E-state index in [1.165, 1.54) is 5.56 Å². The molecule has 1 unspecified atom stereocenters. The third-order valence-corrected chi connectivity index (χ3v) is 4.81. The molecule has 0 spiro atoms. The van der Waals surface area contributed by atoms with E-state index in [4.69, 9.17) is 9.47 Å². The summed E-state index contributed by atoms with van der Waals surface area (Å²) in [7, 11) is 0. The zero-order valence-corrected chi connectivity index (χ0v) is 13.6.